The lowest BCUT2D eigenvalue weighted by atomic mass is 10.2. The molecule has 0 bridgehead atoms. The molecule has 4 nitrogen and oxygen atoms in total. The molecule has 8 heteroatoms. The SMILES string of the molecule is Clc1ccc(C=NNc2nc(-c3ccc(Cl)cc3Cl)nc3ccccc23)c(Cl)c1. The van der Waals surface area contributed by atoms with Crippen molar-refractivity contribution in [1.29, 1.82) is 0 Å². The smallest absolute Gasteiger partial charge is 0.163 e. The van der Waals surface area contributed by atoms with E-state index in [1.165, 1.54) is 0 Å². The van der Waals surface area contributed by atoms with E-state index >= 15 is 0 Å². The number of halogens is 4. The van der Waals surface area contributed by atoms with Crippen LogP contribution in [-0.4, -0.2) is 16.2 Å². The first kappa shape index (κ1) is 19.9. The number of fused-ring (bicyclic) bond motifs is 1. The van der Waals surface area contributed by atoms with Crippen LogP contribution >= 0.6 is 46.4 Å². The zero-order valence-electron chi connectivity index (χ0n) is 14.7. The number of para-hydroxylation sites is 1. The van der Waals surface area contributed by atoms with Gasteiger partial charge in [-0.1, -0.05) is 64.6 Å². The average Bonchev–Trinajstić information content (AvgIpc) is 2.69. The first-order chi connectivity index (χ1) is 14.0. The van der Waals surface area contributed by atoms with Gasteiger partial charge in [-0.25, -0.2) is 9.97 Å². The molecule has 0 fully saturated rings. The summed E-state index contributed by atoms with van der Waals surface area (Å²) >= 11 is 24.5. The van der Waals surface area contributed by atoms with Crippen molar-refractivity contribution < 1.29 is 0 Å². The second kappa shape index (κ2) is 8.56. The molecule has 1 heterocycles. The van der Waals surface area contributed by atoms with Gasteiger partial charge in [0.05, 0.1) is 21.8 Å². The standard InChI is InChI=1S/C21H12Cl4N4/c22-13-6-5-12(17(24)9-13)11-26-29-21-16-3-1-2-4-19(16)27-20(28-21)15-8-7-14(23)10-18(15)25/h1-11H,(H,27,28,29). The van der Waals surface area contributed by atoms with Gasteiger partial charge in [0.15, 0.2) is 11.6 Å². The van der Waals surface area contributed by atoms with Crippen LogP contribution in [0, 0.1) is 0 Å². The summed E-state index contributed by atoms with van der Waals surface area (Å²) in [7, 11) is 0. The molecule has 0 aliphatic rings. The summed E-state index contributed by atoms with van der Waals surface area (Å²) in [6, 6.07) is 18.0. The zero-order chi connectivity index (χ0) is 20.4. The Labute approximate surface area is 187 Å². The largest absolute Gasteiger partial charge is 0.261 e. The average molecular weight is 462 g/mol. The quantitative estimate of drug-likeness (QED) is 0.255. The Morgan fingerprint density at radius 2 is 1.52 bits per heavy atom. The van der Waals surface area contributed by atoms with Crippen molar-refractivity contribution in [2.75, 3.05) is 5.43 Å². The molecule has 0 radical (unpaired) electrons. The van der Waals surface area contributed by atoms with E-state index in [0.29, 0.717) is 37.3 Å². The number of nitrogens with zero attached hydrogens (tertiary/aromatic N) is 3. The van der Waals surface area contributed by atoms with Crippen LogP contribution in [0.15, 0.2) is 65.8 Å². The summed E-state index contributed by atoms with van der Waals surface area (Å²) in [5, 5.41) is 7.17. The Kier molecular flexibility index (Phi) is 5.88. The Morgan fingerprint density at radius 1 is 0.793 bits per heavy atom. The molecule has 0 saturated heterocycles. The normalized spacial score (nSPS) is 11.3. The van der Waals surface area contributed by atoms with Crippen LogP contribution in [0.2, 0.25) is 20.1 Å². The van der Waals surface area contributed by atoms with Crippen LogP contribution in [0.4, 0.5) is 5.82 Å². The Balaban J connectivity index is 1.74. The van der Waals surface area contributed by atoms with E-state index in [-0.39, 0.29) is 0 Å². The van der Waals surface area contributed by atoms with Crippen LogP contribution in [0.1, 0.15) is 5.56 Å². The van der Waals surface area contributed by atoms with E-state index in [1.807, 2.05) is 24.3 Å². The number of rotatable bonds is 4. The van der Waals surface area contributed by atoms with Crippen molar-refractivity contribution in [3.05, 3.63) is 86.3 Å². The summed E-state index contributed by atoms with van der Waals surface area (Å²) in [5.74, 6) is 1.01. The van der Waals surface area contributed by atoms with Gasteiger partial charge in [0, 0.05) is 26.6 Å². The number of anilines is 1. The van der Waals surface area contributed by atoms with Gasteiger partial charge in [-0.15, -0.1) is 0 Å². The third-order valence-corrected chi connectivity index (χ3v) is 5.22. The van der Waals surface area contributed by atoms with Crippen LogP contribution < -0.4 is 5.43 Å². The number of aromatic nitrogens is 2. The first-order valence-corrected chi connectivity index (χ1v) is 9.99. The third-order valence-electron chi connectivity index (χ3n) is 4.11. The maximum Gasteiger partial charge on any atom is 0.163 e. The highest BCUT2D eigenvalue weighted by Crippen LogP contribution is 2.31. The number of hydrogen-bond donors (Lipinski definition) is 1. The van der Waals surface area contributed by atoms with E-state index < -0.39 is 0 Å². The first-order valence-electron chi connectivity index (χ1n) is 8.47. The molecule has 29 heavy (non-hydrogen) atoms. The predicted molar refractivity (Wildman–Crippen MR) is 123 cm³/mol. The Morgan fingerprint density at radius 3 is 2.28 bits per heavy atom. The summed E-state index contributed by atoms with van der Waals surface area (Å²) in [4.78, 5) is 9.23. The minimum atomic E-state index is 0.465. The minimum absolute atomic E-state index is 0.465. The van der Waals surface area contributed by atoms with E-state index in [1.54, 1.807) is 42.6 Å². The van der Waals surface area contributed by atoms with Gasteiger partial charge in [-0.05, 0) is 42.5 Å². The maximum atomic E-state index is 6.34. The number of hydrazone groups is 1. The lowest BCUT2D eigenvalue weighted by molar-refractivity contribution is 1.19. The monoisotopic (exact) mass is 460 g/mol. The second-order valence-electron chi connectivity index (χ2n) is 6.07. The topological polar surface area (TPSA) is 50.2 Å². The maximum absolute atomic E-state index is 6.34. The van der Waals surface area contributed by atoms with Crippen molar-refractivity contribution in [2.45, 2.75) is 0 Å². The third kappa shape index (κ3) is 4.46. The predicted octanol–water partition coefficient (Wildman–Crippen LogP) is 7.36. The van der Waals surface area contributed by atoms with E-state index in [9.17, 15) is 0 Å². The van der Waals surface area contributed by atoms with Crippen molar-refractivity contribution in [3.63, 3.8) is 0 Å². The molecule has 0 atom stereocenters. The molecule has 0 saturated carbocycles. The molecular formula is C21H12Cl4N4. The van der Waals surface area contributed by atoms with Gasteiger partial charge >= 0.3 is 0 Å². The molecule has 0 spiro atoms. The molecule has 4 aromatic rings. The van der Waals surface area contributed by atoms with E-state index in [0.717, 1.165) is 16.5 Å². The highest BCUT2D eigenvalue weighted by atomic mass is 35.5. The highest BCUT2D eigenvalue weighted by molar-refractivity contribution is 6.36. The number of nitrogens with one attached hydrogen (secondary N) is 1. The summed E-state index contributed by atoms with van der Waals surface area (Å²) in [5.41, 5.74) is 5.13. The highest BCUT2D eigenvalue weighted by Gasteiger charge is 2.12. The van der Waals surface area contributed by atoms with Crippen molar-refractivity contribution in [2.24, 2.45) is 5.10 Å². The zero-order valence-corrected chi connectivity index (χ0v) is 17.7. The number of benzene rings is 3. The van der Waals surface area contributed by atoms with Gasteiger partial charge in [0.2, 0.25) is 0 Å². The molecular weight excluding hydrogens is 450 g/mol. The van der Waals surface area contributed by atoms with Crippen LogP contribution in [0.5, 0.6) is 0 Å². The fourth-order valence-electron chi connectivity index (χ4n) is 2.72. The van der Waals surface area contributed by atoms with Crippen LogP contribution in [-0.2, 0) is 0 Å². The summed E-state index contributed by atoms with van der Waals surface area (Å²) in [6.07, 6.45) is 1.60. The fourth-order valence-corrected chi connectivity index (χ4v) is 3.67. The summed E-state index contributed by atoms with van der Waals surface area (Å²) < 4.78 is 0. The summed E-state index contributed by atoms with van der Waals surface area (Å²) in [6.45, 7) is 0. The molecule has 1 N–H and O–H groups in total. The van der Waals surface area contributed by atoms with E-state index in [4.69, 9.17) is 46.4 Å². The molecule has 0 aliphatic carbocycles. The van der Waals surface area contributed by atoms with Crippen molar-refractivity contribution in [3.8, 4) is 11.4 Å². The van der Waals surface area contributed by atoms with Gasteiger partial charge in [-0.2, -0.15) is 5.10 Å². The lowest BCUT2D eigenvalue weighted by Gasteiger charge is -2.09. The van der Waals surface area contributed by atoms with Gasteiger partial charge < -0.3 is 0 Å². The van der Waals surface area contributed by atoms with E-state index in [2.05, 4.69) is 20.5 Å². The minimum Gasteiger partial charge on any atom is -0.261 e. The number of hydrogen-bond acceptors (Lipinski definition) is 4. The molecule has 0 unspecified atom stereocenters. The second-order valence-corrected chi connectivity index (χ2v) is 7.76. The van der Waals surface area contributed by atoms with Gasteiger partial charge in [0.25, 0.3) is 0 Å². The molecule has 1 aromatic heterocycles. The lowest BCUT2D eigenvalue weighted by Crippen LogP contribution is -1.99. The van der Waals surface area contributed by atoms with Crippen LogP contribution in [0.3, 0.4) is 0 Å². The fraction of sp³-hybridized carbons (Fsp3) is 0. The van der Waals surface area contributed by atoms with Gasteiger partial charge in [0.1, 0.15) is 0 Å². The Hall–Kier alpha value is -2.37. The Bertz CT molecular complexity index is 1240. The van der Waals surface area contributed by atoms with Crippen molar-refractivity contribution >= 4 is 69.3 Å². The molecule has 4 rings (SSSR count). The van der Waals surface area contributed by atoms with Crippen LogP contribution in [0.25, 0.3) is 22.3 Å². The molecule has 3 aromatic carbocycles. The van der Waals surface area contributed by atoms with Crippen molar-refractivity contribution in [1.82, 2.24) is 9.97 Å². The van der Waals surface area contributed by atoms with Gasteiger partial charge in [-0.3, -0.25) is 5.43 Å². The molecule has 144 valence electrons. The molecule has 0 amide bonds. The molecule has 0 aliphatic heterocycles.